The van der Waals surface area contributed by atoms with Crippen LogP contribution in [-0.4, -0.2) is 18.7 Å². The summed E-state index contributed by atoms with van der Waals surface area (Å²) in [5.74, 6) is 1.17. The molecule has 1 heterocycles. The molecule has 5 nitrogen and oxygen atoms in total. The molecule has 144 valence electrons. The summed E-state index contributed by atoms with van der Waals surface area (Å²) < 4.78 is 11.6. The fourth-order valence-corrected chi connectivity index (χ4v) is 3.22. The zero-order valence-electron chi connectivity index (χ0n) is 15.6. The lowest BCUT2D eigenvalue weighted by Crippen LogP contribution is -2.19. The van der Waals surface area contributed by atoms with E-state index in [1.54, 1.807) is 17.6 Å². The SMILES string of the molecule is CCOc1cc(/C=N/NC(=O)Cc2cccs2)ccc1OCc1ccccc1. The van der Waals surface area contributed by atoms with E-state index in [2.05, 4.69) is 10.5 Å². The van der Waals surface area contributed by atoms with Crippen molar-refractivity contribution in [3.8, 4) is 11.5 Å². The first kappa shape index (κ1) is 19.6. The summed E-state index contributed by atoms with van der Waals surface area (Å²) in [6.07, 6.45) is 1.92. The Bertz CT molecular complexity index is 909. The fraction of sp³-hybridized carbons (Fsp3) is 0.182. The van der Waals surface area contributed by atoms with Crippen molar-refractivity contribution in [3.05, 3.63) is 82.0 Å². The quantitative estimate of drug-likeness (QED) is 0.432. The predicted molar refractivity (Wildman–Crippen MR) is 112 cm³/mol. The molecule has 0 aliphatic rings. The molecule has 6 heteroatoms. The van der Waals surface area contributed by atoms with E-state index in [0.717, 1.165) is 16.0 Å². The molecule has 0 aliphatic carbocycles. The Morgan fingerprint density at radius 2 is 1.93 bits per heavy atom. The van der Waals surface area contributed by atoms with Gasteiger partial charge in [0.2, 0.25) is 5.91 Å². The van der Waals surface area contributed by atoms with Crippen LogP contribution in [0.2, 0.25) is 0 Å². The highest BCUT2D eigenvalue weighted by Gasteiger charge is 2.07. The maximum absolute atomic E-state index is 11.9. The van der Waals surface area contributed by atoms with Crippen molar-refractivity contribution in [2.24, 2.45) is 5.10 Å². The van der Waals surface area contributed by atoms with Crippen molar-refractivity contribution in [2.75, 3.05) is 6.61 Å². The van der Waals surface area contributed by atoms with E-state index in [4.69, 9.17) is 9.47 Å². The third-order valence-electron chi connectivity index (χ3n) is 3.82. The molecule has 28 heavy (non-hydrogen) atoms. The number of thiophene rings is 1. The number of amides is 1. The van der Waals surface area contributed by atoms with Crippen molar-refractivity contribution in [3.63, 3.8) is 0 Å². The average Bonchev–Trinajstić information content (AvgIpc) is 3.21. The van der Waals surface area contributed by atoms with Gasteiger partial charge in [0, 0.05) is 4.88 Å². The molecule has 1 amide bonds. The van der Waals surface area contributed by atoms with E-state index < -0.39 is 0 Å². The monoisotopic (exact) mass is 394 g/mol. The fourth-order valence-electron chi connectivity index (χ4n) is 2.52. The highest BCUT2D eigenvalue weighted by molar-refractivity contribution is 7.10. The van der Waals surface area contributed by atoms with Gasteiger partial charge in [0.15, 0.2) is 11.5 Å². The van der Waals surface area contributed by atoms with E-state index in [1.807, 2.05) is 73.0 Å². The van der Waals surface area contributed by atoms with Gasteiger partial charge in [-0.2, -0.15) is 5.10 Å². The van der Waals surface area contributed by atoms with Crippen LogP contribution in [0.25, 0.3) is 0 Å². The second-order valence-corrected chi connectivity index (χ2v) is 7.00. The number of hydrazone groups is 1. The van der Waals surface area contributed by atoms with Gasteiger partial charge < -0.3 is 9.47 Å². The highest BCUT2D eigenvalue weighted by Crippen LogP contribution is 2.28. The lowest BCUT2D eigenvalue weighted by Gasteiger charge is -2.12. The van der Waals surface area contributed by atoms with Crippen molar-refractivity contribution >= 4 is 23.5 Å². The van der Waals surface area contributed by atoms with E-state index in [1.165, 1.54) is 0 Å². The smallest absolute Gasteiger partial charge is 0.245 e. The summed E-state index contributed by atoms with van der Waals surface area (Å²) >= 11 is 1.55. The zero-order valence-corrected chi connectivity index (χ0v) is 16.4. The largest absolute Gasteiger partial charge is 0.490 e. The van der Waals surface area contributed by atoms with Gasteiger partial charge in [-0.3, -0.25) is 4.79 Å². The number of nitrogens with one attached hydrogen (secondary N) is 1. The van der Waals surface area contributed by atoms with Crippen LogP contribution >= 0.6 is 11.3 Å². The molecule has 3 aromatic rings. The van der Waals surface area contributed by atoms with Crippen molar-refractivity contribution in [2.45, 2.75) is 20.0 Å². The zero-order chi connectivity index (χ0) is 19.6. The maximum Gasteiger partial charge on any atom is 0.245 e. The van der Waals surface area contributed by atoms with Crippen LogP contribution in [-0.2, 0) is 17.8 Å². The van der Waals surface area contributed by atoms with Gasteiger partial charge in [-0.05, 0) is 47.7 Å². The minimum absolute atomic E-state index is 0.147. The molecule has 0 radical (unpaired) electrons. The Hall–Kier alpha value is -3.12. The molecular formula is C22H22N2O3S. The van der Waals surface area contributed by atoms with Crippen LogP contribution in [0.5, 0.6) is 11.5 Å². The second kappa shape index (κ2) is 10.3. The molecule has 0 unspecified atom stereocenters. The minimum Gasteiger partial charge on any atom is -0.490 e. The van der Waals surface area contributed by atoms with E-state index in [0.29, 0.717) is 31.1 Å². The number of carbonyl (C=O) groups is 1. The number of ether oxygens (including phenoxy) is 2. The molecule has 0 saturated carbocycles. The number of benzene rings is 2. The summed E-state index contributed by atoms with van der Waals surface area (Å²) in [4.78, 5) is 12.9. The van der Waals surface area contributed by atoms with Crippen molar-refractivity contribution in [1.82, 2.24) is 5.43 Å². The number of nitrogens with zero attached hydrogens (tertiary/aromatic N) is 1. The summed E-state index contributed by atoms with van der Waals surface area (Å²) in [6, 6.07) is 19.4. The third-order valence-corrected chi connectivity index (χ3v) is 4.70. The lowest BCUT2D eigenvalue weighted by atomic mass is 10.2. The summed E-state index contributed by atoms with van der Waals surface area (Å²) in [7, 11) is 0. The first-order valence-electron chi connectivity index (χ1n) is 9.02. The molecule has 3 rings (SSSR count). The first-order chi connectivity index (χ1) is 13.7. The summed E-state index contributed by atoms with van der Waals surface area (Å²) in [5.41, 5.74) is 4.45. The molecule has 1 N–H and O–H groups in total. The Labute approximate surface area is 168 Å². The number of hydrogen-bond acceptors (Lipinski definition) is 5. The molecular weight excluding hydrogens is 372 g/mol. The van der Waals surface area contributed by atoms with Gasteiger partial charge in [0.05, 0.1) is 19.2 Å². The normalized spacial score (nSPS) is 10.8. The highest BCUT2D eigenvalue weighted by atomic mass is 32.1. The van der Waals surface area contributed by atoms with Crippen LogP contribution in [0.3, 0.4) is 0 Å². The predicted octanol–water partition coefficient (Wildman–Crippen LogP) is 4.42. The summed E-state index contributed by atoms with van der Waals surface area (Å²) in [5, 5.41) is 5.98. The third kappa shape index (κ3) is 5.96. The van der Waals surface area contributed by atoms with Gasteiger partial charge in [0.1, 0.15) is 6.61 Å². The van der Waals surface area contributed by atoms with Gasteiger partial charge >= 0.3 is 0 Å². The molecule has 0 fully saturated rings. The Balaban J connectivity index is 1.60. The molecule has 1 aromatic heterocycles. The Morgan fingerprint density at radius 3 is 2.68 bits per heavy atom. The maximum atomic E-state index is 11.9. The molecule has 0 bridgehead atoms. The minimum atomic E-state index is -0.147. The van der Waals surface area contributed by atoms with Gasteiger partial charge in [-0.15, -0.1) is 11.3 Å². The van der Waals surface area contributed by atoms with Crippen LogP contribution in [0.4, 0.5) is 0 Å². The van der Waals surface area contributed by atoms with Crippen LogP contribution in [0, 0.1) is 0 Å². The molecule has 0 aliphatic heterocycles. The van der Waals surface area contributed by atoms with Gasteiger partial charge in [0.25, 0.3) is 0 Å². The van der Waals surface area contributed by atoms with Gasteiger partial charge in [-0.25, -0.2) is 5.43 Å². The second-order valence-electron chi connectivity index (χ2n) is 5.96. The van der Waals surface area contributed by atoms with E-state index >= 15 is 0 Å². The standard InChI is InChI=1S/C22H22N2O3S/c1-2-26-21-13-18(15-23-24-22(25)14-19-9-6-12-28-19)10-11-20(21)27-16-17-7-4-3-5-8-17/h3-13,15H,2,14,16H2,1H3,(H,24,25)/b23-15+. The molecule has 0 atom stereocenters. The first-order valence-corrected chi connectivity index (χ1v) is 9.90. The Kier molecular flexibility index (Phi) is 7.21. The Morgan fingerprint density at radius 1 is 1.07 bits per heavy atom. The van der Waals surface area contributed by atoms with Crippen LogP contribution in [0.15, 0.2) is 71.1 Å². The topological polar surface area (TPSA) is 59.9 Å². The van der Waals surface area contributed by atoms with Crippen molar-refractivity contribution < 1.29 is 14.3 Å². The van der Waals surface area contributed by atoms with Gasteiger partial charge in [-0.1, -0.05) is 36.4 Å². The van der Waals surface area contributed by atoms with E-state index in [-0.39, 0.29) is 5.91 Å². The number of hydrogen-bond donors (Lipinski definition) is 1. The summed E-state index contributed by atoms with van der Waals surface area (Å²) in [6.45, 7) is 2.92. The molecule has 0 spiro atoms. The average molecular weight is 394 g/mol. The van der Waals surface area contributed by atoms with Crippen LogP contribution < -0.4 is 14.9 Å². The number of carbonyl (C=O) groups excluding carboxylic acids is 1. The van der Waals surface area contributed by atoms with Crippen molar-refractivity contribution in [1.29, 1.82) is 0 Å². The molecule has 2 aromatic carbocycles. The van der Waals surface area contributed by atoms with Crippen LogP contribution in [0.1, 0.15) is 22.9 Å². The lowest BCUT2D eigenvalue weighted by molar-refractivity contribution is -0.120. The number of rotatable bonds is 9. The molecule has 0 saturated heterocycles. The van der Waals surface area contributed by atoms with E-state index in [9.17, 15) is 4.79 Å².